The monoisotopic (exact) mass is 392 g/mol. The van der Waals surface area contributed by atoms with Crippen LogP contribution in [0.25, 0.3) is 0 Å². The molecule has 0 atom stereocenters. The summed E-state index contributed by atoms with van der Waals surface area (Å²) in [5.41, 5.74) is 0. The van der Waals surface area contributed by atoms with Gasteiger partial charge in [-0.2, -0.15) is 0 Å². The van der Waals surface area contributed by atoms with Crippen molar-refractivity contribution in [2.75, 3.05) is 0 Å². The molecule has 1 heterocycles. The van der Waals surface area contributed by atoms with Gasteiger partial charge in [0, 0.05) is 15.6 Å². The van der Waals surface area contributed by atoms with E-state index in [2.05, 4.69) is 54.0 Å². The highest BCUT2D eigenvalue weighted by molar-refractivity contribution is 9.10. The number of hydrogen-bond donors (Lipinski definition) is 0. The molecule has 0 unspecified atom stereocenters. The lowest BCUT2D eigenvalue weighted by molar-refractivity contribution is 1.02. The van der Waals surface area contributed by atoms with Gasteiger partial charge >= 0.3 is 0 Å². The van der Waals surface area contributed by atoms with Crippen molar-refractivity contribution in [1.82, 2.24) is 9.97 Å². The van der Waals surface area contributed by atoms with Gasteiger partial charge in [0.05, 0.1) is 10.2 Å². The van der Waals surface area contributed by atoms with E-state index in [0.717, 1.165) is 14.8 Å². The number of nitrogens with zero attached hydrogens (tertiary/aromatic N) is 2. The highest BCUT2D eigenvalue weighted by atomic mass is 79.9. The first-order chi connectivity index (χ1) is 8.15. The van der Waals surface area contributed by atoms with Gasteiger partial charge in [0.1, 0.15) is 11.0 Å². The first-order valence-electron chi connectivity index (χ1n) is 4.70. The third-order valence-corrected chi connectivity index (χ3v) is 4.49. The molecule has 0 saturated heterocycles. The molecule has 2 aromatic rings. The minimum atomic E-state index is 0.449. The van der Waals surface area contributed by atoms with Gasteiger partial charge in [-0.1, -0.05) is 33.6 Å². The predicted molar refractivity (Wildman–Crippen MR) is 78.4 cm³/mol. The van der Waals surface area contributed by atoms with Crippen molar-refractivity contribution >= 4 is 55.2 Å². The summed E-state index contributed by atoms with van der Waals surface area (Å²) in [6, 6.07) is 8.11. The molecule has 0 aliphatic rings. The average molecular weight is 395 g/mol. The topological polar surface area (TPSA) is 25.8 Å². The zero-order valence-corrected chi connectivity index (χ0v) is 13.3. The lowest BCUT2D eigenvalue weighted by Crippen LogP contribution is -1.92. The van der Waals surface area contributed by atoms with Crippen LogP contribution in [0, 0.1) is 0 Å². The van der Waals surface area contributed by atoms with Crippen molar-refractivity contribution in [2.45, 2.75) is 10.6 Å². The van der Waals surface area contributed by atoms with E-state index in [1.165, 1.54) is 4.90 Å². The first-order valence-corrected chi connectivity index (χ1v) is 7.65. The minimum Gasteiger partial charge on any atom is -0.239 e. The third kappa shape index (κ3) is 3.95. The molecule has 0 aliphatic carbocycles. The summed E-state index contributed by atoms with van der Waals surface area (Å²) in [6.45, 7) is 0. The molecule has 0 N–H and O–H groups in total. The maximum atomic E-state index is 5.91. The van der Waals surface area contributed by atoms with Crippen LogP contribution in [0.2, 0.25) is 5.15 Å². The zero-order chi connectivity index (χ0) is 12.3. The van der Waals surface area contributed by atoms with Crippen molar-refractivity contribution in [3.63, 3.8) is 0 Å². The Hall–Kier alpha value is -0.100. The Balaban J connectivity index is 2.05. The van der Waals surface area contributed by atoms with Gasteiger partial charge in [-0.3, -0.25) is 0 Å². The van der Waals surface area contributed by atoms with Gasteiger partial charge in [-0.15, -0.1) is 11.8 Å². The smallest absolute Gasteiger partial charge is 0.146 e. The standard InChI is InChI=1S/C11H7Br2ClN2S/c12-7-2-1-3-8(4-7)17-6-10-15-5-9(13)11(14)16-10/h1-5H,6H2. The molecule has 6 heteroatoms. The van der Waals surface area contributed by atoms with Crippen LogP contribution in [0.3, 0.4) is 0 Å². The normalized spacial score (nSPS) is 10.5. The molecular weight excluding hydrogens is 387 g/mol. The molecule has 2 rings (SSSR count). The Morgan fingerprint density at radius 2 is 2.12 bits per heavy atom. The Morgan fingerprint density at radius 1 is 1.29 bits per heavy atom. The van der Waals surface area contributed by atoms with Crippen LogP contribution in [-0.4, -0.2) is 9.97 Å². The Labute approximate surface area is 125 Å². The fraction of sp³-hybridized carbons (Fsp3) is 0.0909. The highest BCUT2D eigenvalue weighted by Crippen LogP contribution is 2.25. The summed E-state index contributed by atoms with van der Waals surface area (Å²) in [5, 5.41) is 0.449. The van der Waals surface area contributed by atoms with Crippen LogP contribution < -0.4 is 0 Å². The molecule has 2 nitrogen and oxygen atoms in total. The van der Waals surface area contributed by atoms with E-state index < -0.39 is 0 Å². The molecule has 1 aromatic heterocycles. The van der Waals surface area contributed by atoms with Crippen LogP contribution in [0.4, 0.5) is 0 Å². The molecule has 0 saturated carbocycles. The number of rotatable bonds is 3. The van der Waals surface area contributed by atoms with Crippen molar-refractivity contribution in [3.8, 4) is 0 Å². The van der Waals surface area contributed by atoms with E-state index in [1.54, 1.807) is 18.0 Å². The van der Waals surface area contributed by atoms with Crippen molar-refractivity contribution in [1.29, 1.82) is 0 Å². The van der Waals surface area contributed by atoms with Gasteiger partial charge in [0.25, 0.3) is 0 Å². The average Bonchev–Trinajstić information content (AvgIpc) is 2.31. The van der Waals surface area contributed by atoms with E-state index in [1.807, 2.05) is 12.1 Å². The second kappa shape index (κ2) is 6.18. The van der Waals surface area contributed by atoms with E-state index >= 15 is 0 Å². The van der Waals surface area contributed by atoms with Gasteiger partial charge in [-0.25, -0.2) is 9.97 Å². The molecule has 17 heavy (non-hydrogen) atoms. The summed E-state index contributed by atoms with van der Waals surface area (Å²) in [5.74, 6) is 1.42. The molecule has 0 bridgehead atoms. The number of aromatic nitrogens is 2. The van der Waals surface area contributed by atoms with Crippen LogP contribution in [0.1, 0.15) is 5.82 Å². The number of thioether (sulfide) groups is 1. The fourth-order valence-corrected chi connectivity index (χ4v) is 2.86. The third-order valence-electron chi connectivity index (χ3n) is 1.92. The summed E-state index contributed by atoms with van der Waals surface area (Å²) in [6.07, 6.45) is 1.67. The number of halogens is 3. The second-order valence-corrected chi connectivity index (χ2v) is 6.35. The SMILES string of the molecule is Clc1nc(CSc2cccc(Br)c2)ncc1Br. The van der Waals surface area contributed by atoms with Crippen molar-refractivity contribution in [2.24, 2.45) is 0 Å². The summed E-state index contributed by atoms with van der Waals surface area (Å²) in [4.78, 5) is 9.56. The molecule has 0 amide bonds. The van der Waals surface area contributed by atoms with Gasteiger partial charge < -0.3 is 0 Å². The van der Waals surface area contributed by atoms with Gasteiger partial charge in [0.2, 0.25) is 0 Å². The van der Waals surface area contributed by atoms with Crippen LogP contribution in [0.5, 0.6) is 0 Å². The fourth-order valence-electron chi connectivity index (χ4n) is 1.15. The van der Waals surface area contributed by atoms with Crippen molar-refractivity contribution < 1.29 is 0 Å². The first kappa shape index (κ1) is 13.3. The Bertz CT molecular complexity index is 537. The molecular formula is C11H7Br2ClN2S. The van der Waals surface area contributed by atoms with Gasteiger partial charge in [0.15, 0.2) is 0 Å². The van der Waals surface area contributed by atoms with E-state index in [4.69, 9.17) is 11.6 Å². The van der Waals surface area contributed by atoms with Crippen LogP contribution in [0.15, 0.2) is 44.3 Å². The minimum absolute atomic E-state index is 0.449. The summed E-state index contributed by atoms with van der Waals surface area (Å²) in [7, 11) is 0. The van der Waals surface area contributed by atoms with Gasteiger partial charge in [-0.05, 0) is 34.1 Å². The molecule has 0 spiro atoms. The molecule has 0 aliphatic heterocycles. The lowest BCUT2D eigenvalue weighted by atomic mass is 10.4. The number of hydrogen-bond acceptors (Lipinski definition) is 3. The molecule has 0 fully saturated rings. The quantitative estimate of drug-likeness (QED) is 0.544. The predicted octanol–water partition coefficient (Wildman–Crippen LogP) is 4.95. The van der Waals surface area contributed by atoms with Crippen molar-refractivity contribution in [3.05, 3.63) is 50.4 Å². The van der Waals surface area contributed by atoms with E-state index in [0.29, 0.717) is 10.9 Å². The molecule has 0 radical (unpaired) electrons. The zero-order valence-electron chi connectivity index (χ0n) is 8.53. The lowest BCUT2D eigenvalue weighted by Gasteiger charge is -2.02. The van der Waals surface area contributed by atoms with Crippen LogP contribution >= 0.6 is 55.2 Å². The van der Waals surface area contributed by atoms with E-state index in [-0.39, 0.29) is 0 Å². The highest BCUT2D eigenvalue weighted by Gasteiger charge is 2.03. The van der Waals surface area contributed by atoms with Crippen LogP contribution in [-0.2, 0) is 5.75 Å². The maximum absolute atomic E-state index is 5.91. The Morgan fingerprint density at radius 3 is 2.82 bits per heavy atom. The second-order valence-electron chi connectivity index (χ2n) is 3.17. The van der Waals surface area contributed by atoms with E-state index in [9.17, 15) is 0 Å². The summed E-state index contributed by atoms with van der Waals surface area (Å²) < 4.78 is 1.78. The summed E-state index contributed by atoms with van der Waals surface area (Å²) >= 11 is 14.3. The Kier molecular flexibility index (Phi) is 4.85. The largest absolute Gasteiger partial charge is 0.239 e. The molecule has 1 aromatic carbocycles. The number of benzene rings is 1. The molecule has 88 valence electrons. The maximum Gasteiger partial charge on any atom is 0.146 e.